The predicted octanol–water partition coefficient (Wildman–Crippen LogP) is 4.49. The van der Waals surface area contributed by atoms with E-state index in [4.69, 9.17) is 9.47 Å². The zero-order valence-corrected chi connectivity index (χ0v) is 20.7. The SMILES string of the molecule is COCCN(CC(=O)N1CCc2sccc2[C@H]1COc1ccc(F)cc1)C(=O)c1ccccc1C. The van der Waals surface area contributed by atoms with Crippen LogP contribution in [0, 0.1) is 12.7 Å². The quantitative estimate of drug-likeness (QED) is 0.438. The molecule has 2 amide bonds. The Morgan fingerprint density at radius 2 is 1.91 bits per heavy atom. The zero-order chi connectivity index (χ0) is 24.8. The summed E-state index contributed by atoms with van der Waals surface area (Å²) in [5, 5.41) is 2.02. The Morgan fingerprint density at radius 1 is 1.14 bits per heavy atom. The minimum atomic E-state index is -0.332. The Balaban J connectivity index is 1.53. The van der Waals surface area contributed by atoms with Gasteiger partial charge in [-0.15, -0.1) is 11.3 Å². The number of methoxy groups -OCH3 is 1. The molecule has 35 heavy (non-hydrogen) atoms. The number of carbonyl (C=O) groups is 2. The average Bonchev–Trinajstić information content (AvgIpc) is 3.35. The number of halogens is 1. The third kappa shape index (κ3) is 5.89. The van der Waals surface area contributed by atoms with Crippen LogP contribution in [0.25, 0.3) is 0 Å². The van der Waals surface area contributed by atoms with Crippen molar-refractivity contribution < 1.29 is 23.5 Å². The van der Waals surface area contributed by atoms with Crippen molar-refractivity contribution in [3.05, 3.63) is 87.4 Å². The monoisotopic (exact) mass is 496 g/mol. The maximum absolute atomic E-state index is 13.6. The highest BCUT2D eigenvalue weighted by Gasteiger charge is 2.33. The van der Waals surface area contributed by atoms with E-state index in [2.05, 4.69) is 0 Å². The van der Waals surface area contributed by atoms with Gasteiger partial charge in [0.15, 0.2) is 0 Å². The first-order valence-electron chi connectivity index (χ1n) is 11.6. The first kappa shape index (κ1) is 24.9. The molecule has 0 unspecified atom stereocenters. The van der Waals surface area contributed by atoms with E-state index in [-0.39, 0.29) is 36.8 Å². The molecule has 2 heterocycles. The second-order valence-electron chi connectivity index (χ2n) is 8.45. The normalized spacial score (nSPS) is 14.9. The van der Waals surface area contributed by atoms with Crippen LogP contribution in [0.4, 0.5) is 4.39 Å². The van der Waals surface area contributed by atoms with Crippen LogP contribution in [0.15, 0.2) is 60.0 Å². The van der Waals surface area contributed by atoms with Crippen molar-refractivity contribution in [1.29, 1.82) is 0 Å². The highest BCUT2D eigenvalue weighted by atomic mass is 32.1. The number of hydrogen-bond acceptors (Lipinski definition) is 5. The smallest absolute Gasteiger partial charge is 0.254 e. The lowest BCUT2D eigenvalue weighted by atomic mass is 10.00. The van der Waals surface area contributed by atoms with Crippen LogP contribution in [0.3, 0.4) is 0 Å². The van der Waals surface area contributed by atoms with Crippen LogP contribution in [0.1, 0.15) is 32.4 Å². The van der Waals surface area contributed by atoms with Crippen molar-refractivity contribution >= 4 is 23.2 Å². The van der Waals surface area contributed by atoms with Gasteiger partial charge in [-0.1, -0.05) is 18.2 Å². The van der Waals surface area contributed by atoms with E-state index in [1.54, 1.807) is 46.4 Å². The van der Waals surface area contributed by atoms with E-state index in [1.807, 2.05) is 36.6 Å². The van der Waals surface area contributed by atoms with Gasteiger partial charge < -0.3 is 19.3 Å². The van der Waals surface area contributed by atoms with Crippen LogP contribution in [-0.2, 0) is 16.0 Å². The summed E-state index contributed by atoms with van der Waals surface area (Å²) in [5.74, 6) is -0.132. The molecule has 0 spiro atoms. The summed E-state index contributed by atoms with van der Waals surface area (Å²) < 4.78 is 24.4. The molecular weight excluding hydrogens is 467 g/mol. The van der Waals surface area contributed by atoms with Crippen LogP contribution >= 0.6 is 11.3 Å². The lowest BCUT2D eigenvalue weighted by molar-refractivity contribution is -0.135. The number of aryl methyl sites for hydroxylation is 1. The van der Waals surface area contributed by atoms with Crippen LogP contribution < -0.4 is 4.74 Å². The molecule has 3 aromatic rings. The van der Waals surface area contributed by atoms with Gasteiger partial charge in [-0.2, -0.15) is 0 Å². The molecular formula is C27H29FN2O4S. The molecule has 0 N–H and O–H groups in total. The molecule has 0 aliphatic carbocycles. The Bertz CT molecular complexity index is 1160. The topological polar surface area (TPSA) is 59.1 Å². The Morgan fingerprint density at radius 3 is 2.66 bits per heavy atom. The fourth-order valence-corrected chi connectivity index (χ4v) is 5.20. The van der Waals surface area contributed by atoms with E-state index >= 15 is 0 Å². The molecule has 1 aliphatic heterocycles. The molecule has 6 nitrogen and oxygen atoms in total. The van der Waals surface area contributed by atoms with Crippen molar-refractivity contribution in [2.45, 2.75) is 19.4 Å². The number of benzene rings is 2. The van der Waals surface area contributed by atoms with E-state index < -0.39 is 0 Å². The maximum Gasteiger partial charge on any atom is 0.254 e. The molecule has 0 bridgehead atoms. The van der Waals surface area contributed by atoms with Crippen molar-refractivity contribution in [2.75, 3.05) is 40.0 Å². The molecule has 0 radical (unpaired) electrons. The van der Waals surface area contributed by atoms with Gasteiger partial charge in [0.2, 0.25) is 5.91 Å². The second-order valence-corrected chi connectivity index (χ2v) is 9.45. The summed E-state index contributed by atoms with van der Waals surface area (Å²) in [6, 6.07) is 14.9. The number of fused-ring (bicyclic) bond motifs is 1. The summed E-state index contributed by atoms with van der Waals surface area (Å²) in [6.45, 7) is 3.25. The van der Waals surface area contributed by atoms with Crippen molar-refractivity contribution in [1.82, 2.24) is 9.80 Å². The highest BCUT2D eigenvalue weighted by molar-refractivity contribution is 7.10. The number of amides is 2. The predicted molar refractivity (Wildman–Crippen MR) is 133 cm³/mol. The van der Waals surface area contributed by atoms with Gasteiger partial charge in [0.1, 0.15) is 24.7 Å². The van der Waals surface area contributed by atoms with E-state index in [0.717, 1.165) is 17.5 Å². The van der Waals surface area contributed by atoms with Crippen LogP contribution in [-0.4, -0.2) is 61.6 Å². The van der Waals surface area contributed by atoms with E-state index in [9.17, 15) is 14.0 Å². The molecule has 1 atom stereocenters. The molecule has 2 aromatic carbocycles. The first-order valence-corrected chi connectivity index (χ1v) is 12.4. The van der Waals surface area contributed by atoms with Gasteiger partial charge in [-0.25, -0.2) is 4.39 Å². The lowest BCUT2D eigenvalue weighted by Gasteiger charge is -2.37. The summed E-state index contributed by atoms with van der Waals surface area (Å²) in [5.41, 5.74) is 2.50. The fraction of sp³-hybridized carbons (Fsp3) is 0.333. The fourth-order valence-electron chi connectivity index (χ4n) is 4.27. The largest absolute Gasteiger partial charge is 0.491 e. The molecule has 184 valence electrons. The Labute approximate surface area is 208 Å². The molecule has 0 fully saturated rings. The standard InChI is InChI=1S/C27H29FN2O4S/c1-19-5-3-4-6-22(19)27(32)29(14-15-33-2)17-26(31)30-13-11-25-23(12-16-35-25)24(30)18-34-21-9-7-20(28)8-10-21/h3-10,12,16,24H,11,13-15,17-18H2,1-2H3/t24-/m1/s1. The first-order chi connectivity index (χ1) is 17.0. The highest BCUT2D eigenvalue weighted by Crippen LogP contribution is 2.34. The second kappa shape index (κ2) is 11.5. The summed E-state index contributed by atoms with van der Waals surface area (Å²) in [6.07, 6.45) is 0.760. The number of rotatable bonds is 9. The molecule has 8 heteroatoms. The Hall–Kier alpha value is -3.23. The third-order valence-corrected chi connectivity index (χ3v) is 7.19. The molecule has 1 aromatic heterocycles. The number of nitrogens with zero attached hydrogens (tertiary/aromatic N) is 2. The number of hydrogen-bond donors (Lipinski definition) is 0. The van der Waals surface area contributed by atoms with E-state index in [0.29, 0.717) is 31.0 Å². The maximum atomic E-state index is 13.6. The number of carbonyl (C=O) groups excluding carboxylic acids is 2. The molecule has 0 saturated carbocycles. The van der Waals surface area contributed by atoms with Crippen molar-refractivity contribution in [2.24, 2.45) is 0 Å². The zero-order valence-electron chi connectivity index (χ0n) is 19.9. The minimum absolute atomic E-state index is 0.0525. The lowest BCUT2D eigenvalue weighted by Crippen LogP contribution is -2.48. The van der Waals surface area contributed by atoms with Crippen molar-refractivity contribution in [3.63, 3.8) is 0 Å². The average molecular weight is 497 g/mol. The van der Waals surface area contributed by atoms with Crippen LogP contribution in [0.5, 0.6) is 5.75 Å². The number of thiophene rings is 1. The van der Waals surface area contributed by atoms with Gasteiger partial charge in [-0.05, 0) is 66.2 Å². The van der Waals surface area contributed by atoms with E-state index in [1.165, 1.54) is 17.0 Å². The van der Waals surface area contributed by atoms with Gasteiger partial charge in [0, 0.05) is 30.6 Å². The Kier molecular flexibility index (Phi) is 8.15. The molecule has 4 rings (SSSR count). The van der Waals surface area contributed by atoms with Gasteiger partial charge in [0.25, 0.3) is 5.91 Å². The molecule has 1 aliphatic rings. The van der Waals surface area contributed by atoms with Gasteiger partial charge >= 0.3 is 0 Å². The third-order valence-electron chi connectivity index (χ3n) is 6.19. The molecule has 0 saturated heterocycles. The number of ether oxygens (including phenoxy) is 2. The minimum Gasteiger partial charge on any atom is -0.491 e. The van der Waals surface area contributed by atoms with Gasteiger partial charge in [0.05, 0.1) is 12.6 Å². The van der Waals surface area contributed by atoms with Gasteiger partial charge in [-0.3, -0.25) is 9.59 Å². The summed E-state index contributed by atoms with van der Waals surface area (Å²) >= 11 is 1.67. The van der Waals surface area contributed by atoms with Crippen LogP contribution in [0.2, 0.25) is 0 Å². The van der Waals surface area contributed by atoms with Crippen molar-refractivity contribution in [3.8, 4) is 5.75 Å². The summed E-state index contributed by atoms with van der Waals surface area (Å²) in [4.78, 5) is 31.5. The summed E-state index contributed by atoms with van der Waals surface area (Å²) in [7, 11) is 1.57.